The number of likely N-dealkylation sites (tertiary alicyclic amines) is 1. The second kappa shape index (κ2) is 11.8. The molecule has 3 aromatic carbocycles. The molecule has 0 radical (unpaired) electrons. The van der Waals surface area contributed by atoms with Crippen LogP contribution in [0.3, 0.4) is 0 Å². The number of carbonyl (C=O) groups is 1. The summed E-state index contributed by atoms with van der Waals surface area (Å²) in [5.41, 5.74) is 2.82. The van der Waals surface area contributed by atoms with E-state index in [4.69, 9.17) is 18.9 Å². The second-order valence-electron chi connectivity index (χ2n) is 8.80. The number of piperidine rings is 1. The minimum absolute atomic E-state index is 0.340. The molecule has 1 aliphatic rings. The Morgan fingerprint density at radius 1 is 0.917 bits per heavy atom. The molecule has 0 amide bonds. The highest BCUT2D eigenvalue weighted by molar-refractivity contribution is 5.74. The second-order valence-corrected chi connectivity index (χ2v) is 8.80. The van der Waals surface area contributed by atoms with Crippen LogP contribution in [0.2, 0.25) is 0 Å². The lowest BCUT2D eigenvalue weighted by molar-refractivity contribution is -0.145. The average molecular weight is 492 g/mol. The molecule has 36 heavy (non-hydrogen) atoms. The third kappa shape index (κ3) is 5.57. The van der Waals surface area contributed by atoms with E-state index in [0.29, 0.717) is 42.6 Å². The summed E-state index contributed by atoms with van der Waals surface area (Å²) < 4.78 is 23.1. The van der Waals surface area contributed by atoms with Gasteiger partial charge in [-0.15, -0.1) is 0 Å². The molecule has 4 rings (SSSR count). The van der Waals surface area contributed by atoms with Crippen LogP contribution in [0.1, 0.15) is 42.0 Å². The summed E-state index contributed by atoms with van der Waals surface area (Å²) in [5, 5.41) is 10.0. The molecule has 7 nitrogen and oxygen atoms in total. The van der Waals surface area contributed by atoms with Gasteiger partial charge in [0.05, 0.1) is 27.4 Å². The maximum atomic E-state index is 12.2. The summed E-state index contributed by atoms with van der Waals surface area (Å²) in [6.45, 7) is 1.02. The first-order valence-electron chi connectivity index (χ1n) is 12.1. The fourth-order valence-electron chi connectivity index (χ4n) is 4.85. The molecule has 0 aromatic heterocycles. The Morgan fingerprint density at radius 3 is 2.28 bits per heavy atom. The molecule has 2 unspecified atom stereocenters. The third-order valence-electron chi connectivity index (χ3n) is 6.60. The lowest BCUT2D eigenvalue weighted by atomic mass is 9.91. The monoisotopic (exact) mass is 491 g/mol. The summed E-state index contributed by atoms with van der Waals surface area (Å²) in [7, 11) is 4.81. The summed E-state index contributed by atoms with van der Waals surface area (Å²) in [6.07, 6.45) is 2.41. The number of ether oxygens (including phenoxy) is 4. The van der Waals surface area contributed by atoms with Gasteiger partial charge in [0.15, 0.2) is 11.5 Å². The van der Waals surface area contributed by atoms with Crippen molar-refractivity contribution in [2.24, 2.45) is 0 Å². The van der Waals surface area contributed by atoms with Crippen molar-refractivity contribution in [2.45, 2.75) is 38.0 Å². The van der Waals surface area contributed by atoms with E-state index >= 15 is 0 Å². The highest BCUT2D eigenvalue weighted by Crippen LogP contribution is 2.44. The Kier molecular flexibility index (Phi) is 8.33. The maximum absolute atomic E-state index is 12.2. The number of methoxy groups -OCH3 is 3. The number of hydrogen-bond donors (Lipinski definition) is 1. The van der Waals surface area contributed by atoms with Crippen LogP contribution in [-0.2, 0) is 11.4 Å². The molecule has 0 saturated carbocycles. The molecule has 3 aromatic rings. The first-order valence-corrected chi connectivity index (χ1v) is 12.1. The zero-order chi connectivity index (χ0) is 25.5. The lowest BCUT2D eigenvalue weighted by Gasteiger charge is -2.40. The van der Waals surface area contributed by atoms with Crippen molar-refractivity contribution in [1.29, 1.82) is 0 Å². The quantitative estimate of drug-likeness (QED) is 0.411. The maximum Gasteiger partial charge on any atom is 0.320 e. The van der Waals surface area contributed by atoms with Crippen molar-refractivity contribution in [3.63, 3.8) is 0 Å². The average Bonchev–Trinajstić information content (AvgIpc) is 2.92. The van der Waals surface area contributed by atoms with Crippen LogP contribution in [0.15, 0.2) is 66.7 Å². The topological polar surface area (TPSA) is 77.5 Å². The van der Waals surface area contributed by atoms with E-state index in [9.17, 15) is 9.90 Å². The van der Waals surface area contributed by atoms with Gasteiger partial charge in [-0.3, -0.25) is 9.69 Å². The number of nitrogens with zero attached hydrogens (tertiary/aromatic N) is 1. The molecule has 1 aliphatic heterocycles. The first kappa shape index (κ1) is 25.4. The molecule has 1 saturated heterocycles. The number of aliphatic carboxylic acids is 1. The number of rotatable bonds is 10. The molecule has 7 heteroatoms. The van der Waals surface area contributed by atoms with Gasteiger partial charge >= 0.3 is 5.97 Å². The highest BCUT2D eigenvalue weighted by Gasteiger charge is 2.36. The van der Waals surface area contributed by atoms with Gasteiger partial charge < -0.3 is 24.1 Å². The highest BCUT2D eigenvalue weighted by atomic mass is 16.5. The predicted molar refractivity (Wildman–Crippen MR) is 137 cm³/mol. The van der Waals surface area contributed by atoms with Crippen LogP contribution >= 0.6 is 0 Å². The van der Waals surface area contributed by atoms with Gasteiger partial charge in [-0.2, -0.15) is 0 Å². The summed E-state index contributed by atoms with van der Waals surface area (Å²) in [6, 6.07) is 20.5. The molecule has 0 spiro atoms. The summed E-state index contributed by atoms with van der Waals surface area (Å²) >= 11 is 0. The molecular weight excluding hydrogens is 458 g/mol. The predicted octanol–water partition coefficient (Wildman–Crippen LogP) is 5.32. The van der Waals surface area contributed by atoms with E-state index < -0.39 is 12.0 Å². The largest absolute Gasteiger partial charge is 0.497 e. The van der Waals surface area contributed by atoms with Gasteiger partial charge in [-0.05, 0) is 60.3 Å². The van der Waals surface area contributed by atoms with Crippen molar-refractivity contribution in [1.82, 2.24) is 4.90 Å². The Hall–Kier alpha value is -3.71. The molecule has 1 N–H and O–H groups in total. The van der Waals surface area contributed by atoms with Crippen LogP contribution in [0, 0.1) is 0 Å². The SMILES string of the molecule is COc1cccc(C(c2cc(OC)c(OCc3ccccc3)c(OC)c2)N2CCCCC2C(=O)O)c1. The van der Waals surface area contributed by atoms with Crippen molar-refractivity contribution >= 4 is 5.97 Å². The Morgan fingerprint density at radius 2 is 1.64 bits per heavy atom. The Labute approximate surface area is 212 Å². The summed E-state index contributed by atoms with van der Waals surface area (Å²) in [5.74, 6) is 1.45. The van der Waals surface area contributed by atoms with E-state index in [1.807, 2.05) is 66.7 Å². The Bertz CT molecular complexity index is 1140. The van der Waals surface area contributed by atoms with Gasteiger partial charge in [0, 0.05) is 0 Å². The zero-order valence-corrected chi connectivity index (χ0v) is 21.0. The fourth-order valence-corrected chi connectivity index (χ4v) is 4.85. The van der Waals surface area contributed by atoms with Crippen LogP contribution in [0.5, 0.6) is 23.0 Å². The minimum Gasteiger partial charge on any atom is -0.497 e. The number of carboxylic acids is 1. The molecule has 0 bridgehead atoms. The minimum atomic E-state index is -0.815. The van der Waals surface area contributed by atoms with E-state index in [2.05, 4.69) is 4.90 Å². The molecule has 0 aliphatic carbocycles. The van der Waals surface area contributed by atoms with Gasteiger partial charge in [0.1, 0.15) is 18.4 Å². The Balaban J connectivity index is 1.79. The fraction of sp³-hybridized carbons (Fsp3) is 0.345. The molecule has 2 atom stereocenters. The van der Waals surface area contributed by atoms with E-state index in [-0.39, 0.29) is 6.04 Å². The van der Waals surface area contributed by atoms with Crippen LogP contribution < -0.4 is 18.9 Å². The van der Waals surface area contributed by atoms with E-state index in [0.717, 1.165) is 29.5 Å². The molecule has 1 fully saturated rings. The standard InChI is InChI=1S/C29H33NO6/c1-33-23-13-9-12-21(16-23)27(30-15-8-7-14-24(30)29(31)32)22-17-25(34-2)28(26(18-22)35-3)36-19-20-10-5-4-6-11-20/h4-6,9-13,16-18,24,27H,7-8,14-15,19H2,1-3H3,(H,31,32). The first-order chi connectivity index (χ1) is 17.5. The smallest absolute Gasteiger partial charge is 0.320 e. The number of benzene rings is 3. The van der Waals surface area contributed by atoms with Crippen molar-refractivity contribution in [3.8, 4) is 23.0 Å². The van der Waals surface area contributed by atoms with E-state index in [1.165, 1.54) is 0 Å². The third-order valence-corrected chi connectivity index (χ3v) is 6.60. The van der Waals surface area contributed by atoms with Gasteiger partial charge in [-0.25, -0.2) is 0 Å². The van der Waals surface area contributed by atoms with Crippen LogP contribution in [0.25, 0.3) is 0 Å². The molecule has 1 heterocycles. The molecular formula is C29H33NO6. The van der Waals surface area contributed by atoms with Crippen molar-refractivity contribution in [2.75, 3.05) is 27.9 Å². The van der Waals surface area contributed by atoms with E-state index in [1.54, 1.807) is 21.3 Å². The normalized spacial score (nSPS) is 16.7. The number of carboxylic acid groups (broad SMARTS) is 1. The van der Waals surface area contributed by atoms with Crippen molar-refractivity contribution < 1.29 is 28.8 Å². The lowest BCUT2D eigenvalue weighted by Crippen LogP contribution is -2.46. The molecule has 190 valence electrons. The van der Waals surface area contributed by atoms with Gasteiger partial charge in [0.25, 0.3) is 0 Å². The summed E-state index contributed by atoms with van der Waals surface area (Å²) in [4.78, 5) is 14.3. The van der Waals surface area contributed by atoms with Gasteiger partial charge in [-0.1, -0.05) is 48.9 Å². The van der Waals surface area contributed by atoms with Gasteiger partial charge in [0.2, 0.25) is 5.75 Å². The van der Waals surface area contributed by atoms with Crippen molar-refractivity contribution in [3.05, 3.63) is 83.4 Å². The van der Waals surface area contributed by atoms with Crippen LogP contribution in [-0.4, -0.2) is 49.9 Å². The number of hydrogen-bond acceptors (Lipinski definition) is 6. The van der Waals surface area contributed by atoms with Crippen LogP contribution in [0.4, 0.5) is 0 Å². The zero-order valence-electron chi connectivity index (χ0n) is 21.0.